The lowest BCUT2D eigenvalue weighted by molar-refractivity contribution is 0.361. The summed E-state index contributed by atoms with van der Waals surface area (Å²) in [5.74, 6) is 3.05. The van der Waals surface area contributed by atoms with Gasteiger partial charge in [-0.05, 0) is 80.4 Å². The second-order valence-electron chi connectivity index (χ2n) is 15.2. The Bertz CT molecular complexity index is 2520. The van der Waals surface area contributed by atoms with Gasteiger partial charge in [0.15, 0.2) is 23.0 Å². The van der Waals surface area contributed by atoms with Crippen molar-refractivity contribution in [2.24, 2.45) is 0 Å². The van der Waals surface area contributed by atoms with Gasteiger partial charge in [0.2, 0.25) is 0 Å². The van der Waals surface area contributed by atoms with Crippen LogP contribution < -0.4 is 9.47 Å². The molecule has 0 fully saturated rings. The monoisotopic (exact) mass is 706 g/mol. The molecule has 0 amide bonds. The molecule has 11 rings (SSSR count). The Morgan fingerprint density at radius 3 is 1.77 bits per heavy atom. The van der Waals surface area contributed by atoms with E-state index in [2.05, 4.69) is 155 Å². The number of ether oxygens (including phenoxy) is 2. The Balaban J connectivity index is 1.01. The first-order chi connectivity index (χ1) is 25.3. The molecule has 7 aromatic rings. The smallest absolute Gasteiger partial charge is 0.178 e. The molecule has 4 aliphatic rings. The number of hydrogen-bond acceptors (Lipinski definition) is 4. The fourth-order valence-electron chi connectivity index (χ4n) is 9.00. The van der Waals surface area contributed by atoms with Crippen molar-refractivity contribution >= 4 is 23.5 Å². The first-order valence-electron chi connectivity index (χ1n) is 17.9. The average molecular weight is 707 g/mol. The lowest BCUT2D eigenvalue weighted by atomic mass is 9.82. The zero-order chi connectivity index (χ0) is 34.9. The average Bonchev–Trinajstić information content (AvgIpc) is 3.56. The first-order valence-corrected chi connectivity index (χ1v) is 19.6. The Hall–Kier alpha value is -5.16. The molecule has 0 N–H and O–H groups in total. The van der Waals surface area contributed by atoms with E-state index in [0.717, 1.165) is 39.7 Å². The second kappa shape index (κ2) is 10.7. The summed E-state index contributed by atoms with van der Waals surface area (Å²) in [5.41, 5.74) is 14.9. The van der Waals surface area contributed by atoms with Crippen molar-refractivity contribution in [1.29, 1.82) is 0 Å². The van der Waals surface area contributed by atoms with Gasteiger partial charge in [0, 0.05) is 47.1 Å². The lowest BCUT2D eigenvalue weighted by Crippen LogP contribution is -2.15. The van der Waals surface area contributed by atoms with Crippen LogP contribution in [0.25, 0.3) is 44.5 Å². The molecule has 2 heterocycles. The highest BCUT2D eigenvalue weighted by molar-refractivity contribution is 8.05. The molecule has 7 aromatic carbocycles. The maximum atomic E-state index is 6.99. The van der Waals surface area contributed by atoms with E-state index < -0.39 is 0 Å². The van der Waals surface area contributed by atoms with Crippen LogP contribution in [0.1, 0.15) is 49.9 Å². The van der Waals surface area contributed by atoms with Crippen LogP contribution in [0.4, 0.5) is 0 Å². The maximum Gasteiger partial charge on any atom is 0.178 e. The minimum Gasteiger partial charge on any atom is -0.449 e. The highest BCUT2D eigenvalue weighted by Gasteiger charge is 2.41. The first kappa shape index (κ1) is 30.5. The van der Waals surface area contributed by atoms with E-state index in [-0.39, 0.29) is 10.8 Å². The predicted molar refractivity (Wildman–Crippen MR) is 214 cm³/mol. The van der Waals surface area contributed by atoms with E-state index in [9.17, 15) is 0 Å². The molecule has 0 atom stereocenters. The summed E-state index contributed by atoms with van der Waals surface area (Å²) >= 11 is 3.82. The summed E-state index contributed by atoms with van der Waals surface area (Å²) in [5, 5.41) is 0. The van der Waals surface area contributed by atoms with Crippen LogP contribution in [0.5, 0.6) is 23.0 Å². The molecule has 2 aliphatic heterocycles. The van der Waals surface area contributed by atoms with Crippen molar-refractivity contribution in [3.63, 3.8) is 0 Å². The molecule has 2 aliphatic carbocycles. The van der Waals surface area contributed by atoms with E-state index in [1.54, 1.807) is 0 Å². The molecule has 0 saturated heterocycles. The largest absolute Gasteiger partial charge is 0.449 e. The van der Waals surface area contributed by atoms with Crippen LogP contribution in [0, 0.1) is 0 Å². The van der Waals surface area contributed by atoms with Crippen molar-refractivity contribution < 1.29 is 9.47 Å². The van der Waals surface area contributed by atoms with Gasteiger partial charge in [-0.2, -0.15) is 0 Å². The number of benzene rings is 7. The van der Waals surface area contributed by atoms with Crippen molar-refractivity contribution in [3.05, 3.63) is 156 Å². The minimum atomic E-state index is -0.121. The molecule has 0 spiro atoms. The van der Waals surface area contributed by atoms with E-state index in [1.807, 2.05) is 29.6 Å². The summed E-state index contributed by atoms with van der Waals surface area (Å²) in [4.78, 5) is 5.32. The summed E-state index contributed by atoms with van der Waals surface area (Å²) in [6, 6.07) is 48.5. The van der Waals surface area contributed by atoms with Gasteiger partial charge in [0.1, 0.15) is 0 Å². The Morgan fingerprint density at radius 2 is 0.981 bits per heavy atom. The lowest BCUT2D eigenvalue weighted by Gasteiger charge is -2.27. The van der Waals surface area contributed by atoms with Gasteiger partial charge in [-0.1, -0.05) is 154 Å². The van der Waals surface area contributed by atoms with Crippen LogP contribution in [0.3, 0.4) is 0 Å². The summed E-state index contributed by atoms with van der Waals surface area (Å²) < 4.78 is 13.6. The van der Waals surface area contributed by atoms with E-state index in [4.69, 9.17) is 9.47 Å². The van der Waals surface area contributed by atoms with Crippen LogP contribution in [-0.4, -0.2) is 0 Å². The molecular weight excluding hydrogens is 673 g/mol. The standard InChI is InChI=1S/C48H34O2S2/c1-47(2)33-18-7-5-14-31(33)41-35(47)22-24-38-44(41)50-43-29(16-10-20-37(43)49-38)27-12-9-13-28(26-27)30-17-11-21-39-45(30)52-46-40(51-39)25-23-36-42(46)32-15-6-8-19-34(32)48(36,3)4/h5-26H,1-4H3. The van der Waals surface area contributed by atoms with Gasteiger partial charge in [-0.25, -0.2) is 0 Å². The van der Waals surface area contributed by atoms with Gasteiger partial charge >= 0.3 is 0 Å². The molecule has 0 radical (unpaired) electrons. The summed E-state index contributed by atoms with van der Waals surface area (Å²) in [6.07, 6.45) is 0. The number of para-hydroxylation sites is 1. The normalized spacial score (nSPS) is 15.8. The second-order valence-corrected chi connectivity index (χ2v) is 17.3. The van der Waals surface area contributed by atoms with Gasteiger partial charge < -0.3 is 9.47 Å². The topological polar surface area (TPSA) is 18.5 Å². The number of fused-ring (bicyclic) bond motifs is 12. The Labute approximate surface area is 312 Å². The zero-order valence-corrected chi connectivity index (χ0v) is 31.0. The van der Waals surface area contributed by atoms with Crippen LogP contribution >= 0.6 is 23.5 Å². The molecule has 0 aromatic heterocycles. The SMILES string of the molecule is CC1(C)c2ccccc2-c2c1ccc1c2Oc2c(cccc2-c2cccc(-c3cccc4c3Sc3c(ccc5c3-c3ccccc3C5(C)C)S4)c2)O1. The molecule has 52 heavy (non-hydrogen) atoms. The van der Waals surface area contributed by atoms with Crippen molar-refractivity contribution in [1.82, 2.24) is 0 Å². The molecular formula is C48H34O2S2. The summed E-state index contributed by atoms with van der Waals surface area (Å²) in [7, 11) is 0. The van der Waals surface area contributed by atoms with Gasteiger partial charge in [0.05, 0.1) is 0 Å². The Kier molecular flexibility index (Phi) is 6.26. The minimum absolute atomic E-state index is 0.0267. The third-order valence-corrected chi connectivity index (χ3v) is 14.3. The quantitative estimate of drug-likeness (QED) is 0.178. The van der Waals surface area contributed by atoms with Crippen molar-refractivity contribution in [2.75, 3.05) is 0 Å². The summed E-state index contributed by atoms with van der Waals surface area (Å²) in [6.45, 7) is 9.31. The highest BCUT2D eigenvalue weighted by Crippen LogP contribution is 2.61. The van der Waals surface area contributed by atoms with E-state index in [0.29, 0.717) is 0 Å². The third-order valence-electron chi connectivity index (χ3n) is 11.6. The van der Waals surface area contributed by atoms with Gasteiger partial charge in [0.25, 0.3) is 0 Å². The zero-order valence-electron chi connectivity index (χ0n) is 29.3. The van der Waals surface area contributed by atoms with E-state index >= 15 is 0 Å². The number of rotatable bonds is 2. The molecule has 4 heteroatoms. The molecule has 0 bridgehead atoms. The van der Waals surface area contributed by atoms with Crippen molar-refractivity contribution in [3.8, 4) is 67.5 Å². The third kappa shape index (κ3) is 4.11. The highest BCUT2D eigenvalue weighted by atomic mass is 32.2. The number of hydrogen-bond donors (Lipinski definition) is 0. The fourth-order valence-corrected chi connectivity index (χ4v) is 11.6. The van der Waals surface area contributed by atoms with E-state index in [1.165, 1.54) is 69.7 Å². The maximum absolute atomic E-state index is 6.99. The van der Waals surface area contributed by atoms with Crippen LogP contribution in [0.2, 0.25) is 0 Å². The van der Waals surface area contributed by atoms with Crippen LogP contribution in [-0.2, 0) is 10.8 Å². The molecule has 0 saturated carbocycles. The predicted octanol–water partition coefficient (Wildman–Crippen LogP) is 14.1. The Morgan fingerprint density at radius 1 is 0.404 bits per heavy atom. The molecule has 250 valence electrons. The molecule has 2 nitrogen and oxygen atoms in total. The van der Waals surface area contributed by atoms with Crippen LogP contribution in [0.15, 0.2) is 153 Å². The van der Waals surface area contributed by atoms with Gasteiger partial charge in [-0.15, -0.1) is 0 Å². The van der Waals surface area contributed by atoms with Crippen molar-refractivity contribution in [2.45, 2.75) is 58.1 Å². The fraction of sp³-hybridized carbons (Fsp3) is 0.125. The van der Waals surface area contributed by atoms with Gasteiger partial charge in [-0.3, -0.25) is 0 Å². The molecule has 0 unspecified atom stereocenters.